The van der Waals surface area contributed by atoms with E-state index in [1.165, 1.54) is 22.0 Å². The summed E-state index contributed by atoms with van der Waals surface area (Å²) in [6.45, 7) is 0. The number of nitrogens with zero attached hydrogens (tertiary/aromatic N) is 3. The lowest BCUT2D eigenvalue weighted by Crippen LogP contribution is -2.11. The van der Waals surface area contributed by atoms with Crippen molar-refractivity contribution in [2.75, 3.05) is 11.6 Å². The molecule has 0 bridgehead atoms. The van der Waals surface area contributed by atoms with E-state index < -0.39 is 0 Å². The molecule has 23 heavy (non-hydrogen) atoms. The summed E-state index contributed by atoms with van der Waals surface area (Å²) in [4.78, 5) is 0. The molecule has 0 saturated heterocycles. The summed E-state index contributed by atoms with van der Waals surface area (Å²) >= 11 is 7.70. The molecule has 0 atom stereocenters. The van der Waals surface area contributed by atoms with E-state index in [0.717, 1.165) is 11.3 Å². The van der Waals surface area contributed by atoms with Gasteiger partial charge in [-0.3, -0.25) is 0 Å². The van der Waals surface area contributed by atoms with Crippen molar-refractivity contribution in [2.24, 2.45) is 0 Å². The first-order chi connectivity index (χ1) is 11.3. The number of halogens is 1. The molecular weight excluding hydrogens is 328 g/mol. The Bertz CT molecular complexity index is 814. The number of hydrogen-bond acceptors (Lipinski definition) is 4. The highest BCUT2D eigenvalue weighted by molar-refractivity contribution is 7.99. The Kier molecular flexibility index (Phi) is 5.00. The van der Waals surface area contributed by atoms with Crippen LogP contribution in [-0.2, 0) is 0 Å². The third kappa shape index (κ3) is 3.75. The summed E-state index contributed by atoms with van der Waals surface area (Å²) in [5.41, 5.74) is 1.94. The molecule has 0 amide bonds. The van der Waals surface area contributed by atoms with Gasteiger partial charge in [-0.1, -0.05) is 78.0 Å². The van der Waals surface area contributed by atoms with Gasteiger partial charge in [0.25, 0.3) is 0 Å². The van der Waals surface area contributed by atoms with Crippen molar-refractivity contribution in [3.8, 4) is 11.4 Å². The third-order valence-electron chi connectivity index (χ3n) is 3.20. The van der Waals surface area contributed by atoms with E-state index in [9.17, 15) is 0 Å². The summed E-state index contributed by atoms with van der Waals surface area (Å²) in [5.74, 6) is 7.40. The van der Waals surface area contributed by atoms with Crippen molar-refractivity contribution in [2.45, 2.75) is 5.16 Å². The van der Waals surface area contributed by atoms with Crippen LogP contribution in [0.2, 0.25) is 5.02 Å². The van der Waals surface area contributed by atoms with Gasteiger partial charge in [0, 0.05) is 11.3 Å². The molecule has 1 aromatic heterocycles. The lowest BCUT2D eigenvalue weighted by molar-refractivity contribution is 0.851. The average Bonchev–Trinajstić information content (AvgIpc) is 2.94. The van der Waals surface area contributed by atoms with Crippen molar-refractivity contribution in [3.63, 3.8) is 0 Å². The fraction of sp³-hybridized carbons (Fsp3) is 0.0588. The number of nitrogens with two attached hydrogens (primary N) is 1. The Morgan fingerprint density at radius 2 is 1.78 bits per heavy atom. The smallest absolute Gasteiger partial charge is 0.210 e. The number of hydrogen-bond donors (Lipinski definition) is 1. The van der Waals surface area contributed by atoms with Crippen molar-refractivity contribution in [1.29, 1.82) is 0 Å². The van der Waals surface area contributed by atoms with Crippen LogP contribution in [0.4, 0.5) is 0 Å². The van der Waals surface area contributed by atoms with Crippen molar-refractivity contribution in [1.82, 2.24) is 14.9 Å². The van der Waals surface area contributed by atoms with Crippen LogP contribution in [0.5, 0.6) is 0 Å². The maximum absolute atomic E-state index is 6.18. The van der Waals surface area contributed by atoms with E-state index in [2.05, 4.69) is 34.5 Å². The normalized spacial score (nSPS) is 11.2. The molecule has 2 N–H and O–H groups in total. The Hall–Kier alpha value is -2.24. The lowest BCUT2D eigenvalue weighted by Gasteiger charge is -2.04. The highest BCUT2D eigenvalue weighted by atomic mass is 35.5. The molecule has 0 unspecified atom stereocenters. The quantitative estimate of drug-likeness (QED) is 0.559. The Balaban J connectivity index is 1.68. The van der Waals surface area contributed by atoms with E-state index in [-0.39, 0.29) is 0 Å². The number of aromatic nitrogens is 3. The maximum Gasteiger partial charge on any atom is 0.210 e. The molecular formula is C17H15ClN4S. The fourth-order valence-corrected chi connectivity index (χ4v) is 2.96. The van der Waals surface area contributed by atoms with Crippen molar-refractivity contribution >= 4 is 29.4 Å². The second kappa shape index (κ2) is 7.35. The van der Waals surface area contributed by atoms with E-state index >= 15 is 0 Å². The van der Waals surface area contributed by atoms with Crippen LogP contribution in [-0.4, -0.2) is 20.6 Å². The molecule has 0 aliphatic carbocycles. The van der Waals surface area contributed by atoms with Crippen LogP contribution in [0.3, 0.4) is 0 Å². The monoisotopic (exact) mass is 342 g/mol. The predicted molar refractivity (Wildman–Crippen MR) is 96.8 cm³/mol. The molecule has 0 aliphatic heterocycles. The molecule has 0 fully saturated rings. The van der Waals surface area contributed by atoms with Gasteiger partial charge >= 0.3 is 0 Å². The van der Waals surface area contributed by atoms with Gasteiger partial charge in [0.15, 0.2) is 5.82 Å². The standard InChI is InChI=1S/C17H15ClN4S/c18-15-11-5-4-10-14(15)16-20-21-17(22(16)19)23-12-6-9-13-7-2-1-3-8-13/h1-11H,12,19H2/b9-6+. The minimum atomic E-state index is 0.560. The van der Waals surface area contributed by atoms with Crippen LogP contribution in [0.1, 0.15) is 5.56 Å². The fourth-order valence-electron chi connectivity index (χ4n) is 2.07. The van der Waals surface area contributed by atoms with Crippen LogP contribution in [0.25, 0.3) is 17.5 Å². The zero-order valence-corrected chi connectivity index (χ0v) is 13.8. The zero-order chi connectivity index (χ0) is 16.1. The van der Waals surface area contributed by atoms with Crippen molar-refractivity contribution < 1.29 is 0 Å². The molecule has 4 nitrogen and oxygen atoms in total. The van der Waals surface area contributed by atoms with E-state index in [0.29, 0.717) is 16.0 Å². The molecule has 0 saturated carbocycles. The number of rotatable bonds is 5. The molecule has 0 spiro atoms. The highest BCUT2D eigenvalue weighted by Crippen LogP contribution is 2.27. The second-order valence-electron chi connectivity index (χ2n) is 4.78. The summed E-state index contributed by atoms with van der Waals surface area (Å²) < 4.78 is 1.47. The zero-order valence-electron chi connectivity index (χ0n) is 12.3. The minimum absolute atomic E-state index is 0.560. The predicted octanol–water partition coefficient (Wildman–Crippen LogP) is 4.12. The average molecular weight is 343 g/mol. The second-order valence-corrected chi connectivity index (χ2v) is 6.17. The van der Waals surface area contributed by atoms with Crippen LogP contribution in [0, 0.1) is 0 Å². The van der Waals surface area contributed by atoms with Gasteiger partial charge in [-0.2, -0.15) is 0 Å². The largest absolute Gasteiger partial charge is 0.335 e. The third-order valence-corrected chi connectivity index (χ3v) is 4.42. The lowest BCUT2D eigenvalue weighted by atomic mass is 10.2. The molecule has 1 heterocycles. The molecule has 3 rings (SSSR count). The molecule has 116 valence electrons. The van der Waals surface area contributed by atoms with Gasteiger partial charge in [-0.05, 0) is 17.7 Å². The van der Waals surface area contributed by atoms with Gasteiger partial charge in [0.2, 0.25) is 5.16 Å². The van der Waals surface area contributed by atoms with Gasteiger partial charge in [-0.15, -0.1) is 10.2 Å². The van der Waals surface area contributed by atoms with Crippen molar-refractivity contribution in [3.05, 3.63) is 71.3 Å². The maximum atomic E-state index is 6.18. The first-order valence-corrected chi connectivity index (χ1v) is 8.42. The Morgan fingerprint density at radius 1 is 1.04 bits per heavy atom. The molecule has 0 radical (unpaired) electrons. The Morgan fingerprint density at radius 3 is 2.57 bits per heavy atom. The molecule has 3 aromatic rings. The number of nitrogen functional groups attached to an aromatic ring is 1. The highest BCUT2D eigenvalue weighted by Gasteiger charge is 2.13. The van der Waals surface area contributed by atoms with Crippen LogP contribution >= 0.6 is 23.4 Å². The van der Waals surface area contributed by atoms with Gasteiger partial charge < -0.3 is 5.84 Å². The van der Waals surface area contributed by atoms with Gasteiger partial charge in [-0.25, -0.2) is 4.68 Å². The van der Waals surface area contributed by atoms with E-state index in [1.54, 1.807) is 6.07 Å². The first kappa shape index (κ1) is 15.6. The molecule has 2 aromatic carbocycles. The summed E-state index contributed by atoms with van der Waals surface area (Å²) in [6, 6.07) is 17.6. The first-order valence-electron chi connectivity index (χ1n) is 7.05. The van der Waals surface area contributed by atoms with Gasteiger partial charge in [0.1, 0.15) is 0 Å². The van der Waals surface area contributed by atoms with Gasteiger partial charge in [0.05, 0.1) is 5.02 Å². The number of thioether (sulfide) groups is 1. The SMILES string of the molecule is Nn1c(SC/C=C/c2ccccc2)nnc1-c1ccccc1Cl. The summed E-state index contributed by atoms with van der Waals surface area (Å²) in [7, 11) is 0. The van der Waals surface area contributed by atoms with E-state index in [1.807, 2.05) is 36.4 Å². The Labute approximate surface area is 144 Å². The molecule has 6 heteroatoms. The number of benzene rings is 2. The summed E-state index contributed by atoms with van der Waals surface area (Å²) in [6.07, 6.45) is 4.14. The minimum Gasteiger partial charge on any atom is -0.335 e. The van der Waals surface area contributed by atoms with Crippen LogP contribution in [0.15, 0.2) is 65.8 Å². The topological polar surface area (TPSA) is 56.7 Å². The summed E-state index contributed by atoms with van der Waals surface area (Å²) in [5, 5.41) is 9.53. The van der Waals surface area contributed by atoms with E-state index in [4.69, 9.17) is 17.4 Å². The molecule has 0 aliphatic rings. The van der Waals surface area contributed by atoms with Crippen LogP contribution < -0.4 is 5.84 Å².